The molecule has 31 heavy (non-hydrogen) atoms. The molecule has 1 atom stereocenters. The van der Waals surface area contributed by atoms with Crippen LogP contribution in [-0.4, -0.2) is 32.5 Å². The van der Waals surface area contributed by atoms with Crippen molar-refractivity contribution in [1.82, 2.24) is 4.90 Å². The number of ether oxygens (including phenoxy) is 1. The Kier molecular flexibility index (Phi) is 4.79. The number of nitrogens with zero attached hydrogens (tertiary/aromatic N) is 1. The van der Waals surface area contributed by atoms with Crippen LogP contribution in [0, 0.1) is 0 Å². The van der Waals surface area contributed by atoms with Crippen molar-refractivity contribution in [3.63, 3.8) is 0 Å². The molecule has 0 saturated carbocycles. The molecule has 0 aromatic heterocycles. The lowest BCUT2D eigenvalue weighted by Crippen LogP contribution is -2.30. The lowest BCUT2D eigenvalue weighted by atomic mass is 9.93. The van der Waals surface area contributed by atoms with Crippen molar-refractivity contribution in [3.05, 3.63) is 82.4 Å². The minimum absolute atomic E-state index is 0.0760. The van der Waals surface area contributed by atoms with E-state index in [1.807, 2.05) is 12.1 Å². The second-order valence-corrected chi connectivity index (χ2v) is 8.15. The van der Waals surface area contributed by atoms with E-state index in [1.165, 1.54) is 29.3 Å². The van der Waals surface area contributed by atoms with Gasteiger partial charge in [0.15, 0.2) is 5.78 Å². The topological polar surface area (TPSA) is 90.2 Å². The van der Waals surface area contributed by atoms with Crippen molar-refractivity contribution in [2.45, 2.75) is 32.0 Å². The highest BCUT2D eigenvalue weighted by Gasteiger charge is 2.33. The molecule has 1 unspecified atom stereocenters. The Morgan fingerprint density at radius 2 is 1.74 bits per heavy atom. The number of carbonyl (C=O) groups is 1. The fourth-order valence-electron chi connectivity index (χ4n) is 4.44. The number of Topliss-reactive ketones (excluding diaryl/α,β-unsaturated/α-hetero) is 1. The van der Waals surface area contributed by atoms with Crippen LogP contribution in [0.25, 0.3) is 0 Å². The first-order valence-electron chi connectivity index (χ1n) is 10.4. The van der Waals surface area contributed by atoms with Crippen molar-refractivity contribution < 1.29 is 24.9 Å². The van der Waals surface area contributed by atoms with E-state index in [4.69, 9.17) is 4.74 Å². The molecule has 3 aromatic rings. The maximum atomic E-state index is 12.9. The average Bonchev–Trinajstić information content (AvgIpc) is 2.76. The maximum absolute atomic E-state index is 12.9. The third kappa shape index (κ3) is 3.59. The molecule has 3 N–H and O–H groups in total. The van der Waals surface area contributed by atoms with Crippen LogP contribution in [0.1, 0.15) is 45.1 Å². The lowest BCUT2D eigenvalue weighted by Gasteiger charge is -2.31. The molecule has 2 heterocycles. The van der Waals surface area contributed by atoms with Gasteiger partial charge >= 0.3 is 0 Å². The summed E-state index contributed by atoms with van der Waals surface area (Å²) in [5.41, 5.74) is 3.77. The summed E-state index contributed by atoms with van der Waals surface area (Å²) in [6, 6.07) is 16.1. The summed E-state index contributed by atoms with van der Waals surface area (Å²) >= 11 is 0. The predicted octanol–water partition coefficient (Wildman–Crippen LogP) is 4.07. The van der Waals surface area contributed by atoms with E-state index in [2.05, 4.69) is 17.0 Å². The van der Waals surface area contributed by atoms with Crippen molar-refractivity contribution in [3.8, 4) is 23.0 Å². The molecule has 0 spiro atoms. The molecular formula is C25H23NO5. The third-order valence-corrected chi connectivity index (χ3v) is 6.12. The van der Waals surface area contributed by atoms with Crippen LogP contribution in [-0.2, 0) is 19.5 Å². The van der Waals surface area contributed by atoms with Crippen LogP contribution in [0.15, 0.2) is 54.6 Å². The van der Waals surface area contributed by atoms with Gasteiger partial charge in [0.2, 0.25) is 0 Å². The number of carbonyl (C=O) groups excluding carboxylic acids is 1. The van der Waals surface area contributed by atoms with Gasteiger partial charge < -0.3 is 20.1 Å². The summed E-state index contributed by atoms with van der Waals surface area (Å²) in [5.74, 6) is -0.219. The molecule has 0 bridgehead atoms. The van der Waals surface area contributed by atoms with E-state index in [0.717, 1.165) is 25.1 Å². The predicted molar refractivity (Wildman–Crippen MR) is 114 cm³/mol. The highest BCUT2D eigenvalue weighted by Crippen LogP contribution is 2.45. The van der Waals surface area contributed by atoms with Gasteiger partial charge in [-0.15, -0.1) is 0 Å². The quantitative estimate of drug-likeness (QED) is 0.595. The highest BCUT2D eigenvalue weighted by molar-refractivity contribution is 6.03. The molecule has 0 saturated heterocycles. The third-order valence-electron chi connectivity index (χ3n) is 6.12. The summed E-state index contributed by atoms with van der Waals surface area (Å²) in [4.78, 5) is 15.0. The summed E-state index contributed by atoms with van der Waals surface area (Å²) in [7, 11) is 0. The number of rotatable bonds is 3. The Labute approximate surface area is 180 Å². The number of benzene rings is 3. The van der Waals surface area contributed by atoms with Gasteiger partial charge in [0.25, 0.3) is 0 Å². The number of aromatic hydroxyl groups is 3. The molecular weight excluding hydrogens is 394 g/mol. The highest BCUT2D eigenvalue weighted by atomic mass is 16.5. The van der Waals surface area contributed by atoms with Crippen LogP contribution < -0.4 is 4.74 Å². The van der Waals surface area contributed by atoms with Crippen molar-refractivity contribution >= 4 is 5.78 Å². The van der Waals surface area contributed by atoms with Crippen LogP contribution in [0.3, 0.4) is 0 Å². The molecule has 5 rings (SSSR count). The van der Waals surface area contributed by atoms with Gasteiger partial charge in [-0.05, 0) is 35.2 Å². The van der Waals surface area contributed by atoms with E-state index in [1.54, 1.807) is 12.1 Å². The minimum Gasteiger partial charge on any atom is -0.508 e. The molecule has 3 aromatic carbocycles. The number of hydrogen-bond acceptors (Lipinski definition) is 6. The van der Waals surface area contributed by atoms with E-state index < -0.39 is 6.10 Å². The van der Waals surface area contributed by atoms with Gasteiger partial charge in [-0.2, -0.15) is 0 Å². The summed E-state index contributed by atoms with van der Waals surface area (Å²) in [6.45, 7) is 1.87. The Balaban J connectivity index is 1.42. The fourth-order valence-corrected chi connectivity index (χ4v) is 4.44. The lowest BCUT2D eigenvalue weighted by molar-refractivity contribution is 0.0843. The summed E-state index contributed by atoms with van der Waals surface area (Å²) < 4.78 is 5.95. The Hall–Kier alpha value is -3.51. The zero-order valence-electron chi connectivity index (χ0n) is 16.9. The molecule has 0 amide bonds. The number of fused-ring (bicyclic) bond motifs is 2. The molecule has 6 heteroatoms. The first kappa shape index (κ1) is 19.5. The average molecular weight is 417 g/mol. The SMILES string of the molecule is O=C1CC(c2ccc(O)cc2)Oc2cc(O)c(CN3CCc4ccccc4C3)c(O)c21. The second kappa shape index (κ2) is 7.63. The zero-order chi connectivity index (χ0) is 21.5. The van der Waals surface area contributed by atoms with Crippen LogP contribution in [0.5, 0.6) is 23.0 Å². The van der Waals surface area contributed by atoms with Gasteiger partial charge in [0.05, 0.1) is 12.0 Å². The molecule has 2 aliphatic rings. The first-order valence-corrected chi connectivity index (χ1v) is 10.4. The normalized spacial score (nSPS) is 18.2. The first-order chi connectivity index (χ1) is 15.0. The van der Waals surface area contributed by atoms with Gasteiger partial charge in [0, 0.05) is 25.7 Å². The fraction of sp³-hybridized carbons (Fsp3) is 0.240. The monoisotopic (exact) mass is 417 g/mol. The molecule has 2 aliphatic heterocycles. The van der Waals surface area contributed by atoms with Crippen molar-refractivity contribution in [1.29, 1.82) is 0 Å². The number of phenols is 3. The molecule has 0 aliphatic carbocycles. The van der Waals surface area contributed by atoms with Gasteiger partial charge in [-0.1, -0.05) is 36.4 Å². The zero-order valence-corrected chi connectivity index (χ0v) is 16.9. The molecule has 6 nitrogen and oxygen atoms in total. The van der Waals surface area contributed by atoms with Crippen LogP contribution in [0.4, 0.5) is 0 Å². The summed E-state index contributed by atoms with van der Waals surface area (Å²) in [5, 5.41) is 31.0. The van der Waals surface area contributed by atoms with Gasteiger partial charge in [-0.3, -0.25) is 9.69 Å². The van der Waals surface area contributed by atoms with E-state index in [-0.39, 0.29) is 40.8 Å². The minimum atomic E-state index is -0.538. The van der Waals surface area contributed by atoms with Crippen LogP contribution in [0.2, 0.25) is 0 Å². The smallest absolute Gasteiger partial charge is 0.174 e. The van der Waals surface area contributed by atoms with Crippen molar-refractivity contribution in [2.75, 3.05) is 6.54 Å². The summed E-state index contributed by atoms with van der Waals surface area (Å²) in [6.07, 6.45) is 0.440. The maximum Gasteiger partial charge on any atom is 0.174 e. The molecule has 158 valence electrons. The number of ketones is 1. The van der Waals surface area contributed by atoms with Gasteiger partial charge in [-0.25, -0.2) is 0 Å². The Morgan fingerprint density at radius 1 is 1.00 bits per heavy atom. The van der Waals surface area contributed by atoms with Crippen LogP contribution >= 0.6 is 0 Å². The standard InChI is InChI=1S/C25H23NO5/c27-18-7-5-16(6-8-18)22-12-21(29)24-23(31-22)11-20(28)19(25(24)30)14-26-10-9-15-3-1-2-4-17(15)13-26/h1-8,11,22,27-28,30H,9-10,12-14H2. The van der Waals surface area contributed by atoms with E-state index in [9.17, 15) is 20.1 Å². The Morgan fingerprint density at radius 3 is 2.52 bits per heavy atom. The second-order valence-electron chi connectivity index (χ2n) is 8.15. The molecule has 0 radical (unpaired) electrons. The number of phenolic OH excluding ortho intramolecular Hbond substituents is 3. The van der Waals surface area contributed by atoms with Crippen molar-refractivity contribution in [2.24, 2.45) is 0 Å². The largest absolute Gasteiger partial charge is 0.508 e. The number of hydrogen-bond donors (Lipinski definition) is 3. The molecule has 0 fully saturated rings. The van der Waals surface area contributed by atoms with E-state index in [0.29, 0.717) is 12.1 Å². The van der Waals surface area contributed by atoms with E-state index >= 15 is 0 Å². The van der Waals surface area contributed by atoms with Gasteiger partial charge in [0.1, 0.15) is 34.7 Å². The Bertz CT molecular complexity index is 1160.